The summed E-state index contributed by atoms with van der Waals surface area (Å²) in [7, 11) is 1.91. The highest BCUT2D eigenvalue weighted by atomic mass is 128. The van der Waals surface area contributed by atoms with Gasteiger partial charge in [0.1, 0.15) is 17.3 Å². The van der Waals surface area contributed by atoms with Gasteiger partial charge in [0.2, 0.25) is 0 Å². The summed E-state index contributed by atoms with van der Waals surface area (Å²) in [5.74, 6) is 2.55. The number of anilines is 1. The van der Waals surface area contributed by atoms with Crippen molar-refractivity contribution >= 4 is 48.8 Å². The normalized spacial score (nSPS) is 14.1. The summed E-state index contributed by atoms with van der Waals surface area (Å²) in [6.45, 7) is 7.72. The van der Waals surface area contributed by atoms with Gasteiger partial charge in [0.05, 0.1) is 5.71 Å². The first kappa shape index (κ1) is 12.9. The molecule has 0 amide bonds. The highest BCUT2D eigenvalue weighted by Gasteiger charge is 2.21. The Morgan fingerprint density at radius 2 is 1.93 bits per heavy atom. The molecule has 1 aromatic rings. The van der Waals surface area contributed by atoms with Crippen LogP contribution in [0.1, 0.15) is 18.4 Å². The van der Waals surface area contributed by atoms with Crippen LogP contribution in [0.15, 0.2) is 17.4 Å². The lowest BCUT2D eigenvalue weighted by Gasteiger charge is -2.21. The molecular weight excluding hydrogens is 418 g/mol. The molecule has 1 N–H and O–H groups in total. The van der Waals surface area contributed by atoms with Gasteiger partial charge in [-0.15, -0.1) is 0 Å². The summed E-state index contributed by atoms with van der Waals surface area (Å²) in [6.07, 6.45) is 0. The minimum Gasteiger partial charge on any atom is -0.339 e. The van der Waals surface area contributed by atoms with Crippen molar-refractivity contribution in [3.8, 4) is 0 Å². The zero-order valence-corrected chi connectivity index (χ0v) is 13.1. The molecule has 2 heterocycles. The Kier molecular flexibility index (Phi) is 4.56. The van der Waals surface area contributed by atoms with Crippen LogP contribution in [0, 0.1) is 6.92 Å². The monoisotopic (exact) mass is 430 g/mol. The number of nitrogens with one attached hydrogen (secondary N) is 1. The Hall–Kier alpha value is -0.120. The Morgan fingerprint density at radius 1 is 1.33 bits per heavy atom. The van der Waals surface area contributed by atoms with Gasteiger partial charge in [0, 0.05) is 44.3 Å². The third kappa shape index (κ3) is 2.52. The van der Waals surface area contributed by atoms with Gasteiger partial charge in [0.15, 0.2) is 5.82 Å². The number of H-pyrrole nitrogens is 1. The summed E-state index contributed by atoms with van der Waals surface area (Å²) in [5, 5.41) is 0. The van der Waals surface area contributed by atoms with Crippen molar-refractivity contribution in [3.63, 3.8) is 0 Å². The minimum atomic E-state index is 0.733. The molecule has 2 rings (SSSR count). The summed E-state index contributed by atoms with van der Waals surface area (Å²) in [5.41, 5.74) is 1.94. The van der Waals surface area contributed by atoms with Gasteiger partial charge in [-0.3, -0.25) is 0 Å². The molecule has 0 unspecified atom stereocenters. The molecule has 15 heavy (non-hydrogen) atoms. The number of aromatic amines is 1. The van der Waals surface area contributed by atoms with Crippen molar-refractivity contribution in [3.05, 3.63) is 23.9 Å². The maximum absolute atomic E-state index is 4.36. The average Bonchev–Trinajstić information content (AvgIpc) is 2.61. The van der Waals surface area contributed by atoms with Crippen LogP contribution in [0.3, 0.4) is 0 Å². The van der Waals surface area contributed by atoms with E-state index in [-0.39, 0.29) is 0 Å². The number of fused-ring (bicyclic) bond motifs is 1. The van der Waals surface area contributed by atoms with Gasteiger partial charge in [-0.25, -0.2) is 9.98 Å². The van der Waals surface area contributed by atoms with Crippen molar-refractivity contribution in [1.29, 1.82) is 0 Å². The molecule has 0 aromatic carbocycles. The van der Waals surface area contributed by atoms with Crippen LogP contribution in [0.25, 0.3) is 0 Å². The van der Waals surface area contributed by atoms with Gasteiger partial charge in [-0.05, 0) is 13.8 Å². The molecule has 82 valence electrons. The highest BCUT2D eigenvalue weighted by Crippen LogP contribution is 2.25. The fraction of sp³-hybridized carbons (Fsp3) is 0.333. The maximum atomic E-state index is 4.36. The predicted molar refractivity (Wildman–Crippen MR) is 81.1 cm³/mol. The lowest BCUT2D eigenvalue weighted by Crippen LogP contribution is -2.22. The molecule has 0 aliphatic carbocycles. The van der Waals surface area contributed by atoms with Crippen molar-refractivity contribution in [2.24, 2.45) is 4.99 Å². The second-order valence-electron chi connectivity index (χ2n) is 3.19. The number of halogens is 2. The number of rotatable bonds is 0. The van der Waals surface area contributed by atoms with Crippen molar-refractivity contribution < 1.29 is 0 Å². The average molecular weight is 430 g/mol. The maximum Gasteiger partial charge on any atom is 0.161 e. The molecule has 1 aliphatic rings. The van der Waals surface area contributed by atoms with E-state index in [0.717, 1.165) is 28.9 Å². The first-order valence-electron chi connectivity index (χ1n) is 4.29. The fourth-order valence-corrected chi connectivity index (χ4v) is 1.42. The van der Waals surface area contributed by atoms with E-state index < -0.39 is 0 Å². The molecular formula is C9H12I2N4. The smallest absolute Gasteiger partial charge is 0.161 e. The number of nitrogens with zero attached hydrogens (tertiary/aromatic N) is 3. The molecule has 0 radical (unpaired) electrons. The van der Waals surface area contributed by atoms with Gasteiger partial charge >= 0.3 is 0 Å². The van der Waals surface area contributed by atoms with E-state index in [9.17, 15) is 0 Å². The summed E-state index contributed by atoms with van der Waals surface area (Å²) < 4.78 is 0. The molecule has 4 nitrogen and oxygen atoms in total. The Morgan fingerprint density at radius 3 is 2.53 bits per heavy atom. The third-order valence-electron chi connectivity index (χ3n) is 2.17. The lowest BCUT2D eigenvalue weighted by atomic mass is 10.2. The van der Waals surface area contributed by atoms with Crippen LogP contribution in [0.4, 0.5) is 5.82 Å². The Balaban J connectivity index is 0.000000531. The molecule has 6 heteroatoms. The van der Waals surface area contributed by atoms with E-state index in [0.29, 0.717) is 0 Å². The van der Waals surface area contributed by atoms with E-state index in [1.54, 1.807) is 0 Å². The number of aromatic nitrogens is 2. The summed E-state index contributed by atoms with van der Waals surface area (Å²) >= 11 is 4.24. The standard InChI is InChI=1S/C9H12N4.I2/c1-5-8-9(12-6(2)11-8)13(4)7(3)10-5;1-2/h3H2,1-2,4H3,(H,11,12);. The quantitative estimate of drug-likeness (QED) is 0.643. The molecule has 0 fully saturated rings. The molecule has 0 atom stereocenters. The lowest BCUT2D eigenvalue weighted by molar-refractivity contribution is 1.01. The van der Waals surface area contributed by atoms with Gasteiger partial charge in [-0.2, -0.15) is 0 Å². The van der Waals surface area contributed by atoms with Gasteiger partial charge in [0.25, 0.3) is 0 Å². The van der Waals surface area contributed by atoms with Crippen LogP contribution in [-0.4, -0.2) is 22.7 Å². The number of hydrogen-bond acceptors (Lipinski definition) is 3. The molecule has 0 spiro atoms. The van der Waals surface area contributed by atoms with Crippen LogP contribution >= 0.6 is 37.2 Å². The molecule has 0 saturated carbocycles. The van der Waals surface area contributed by atoms with Gasteiger partial charge < -0.3 is 9.88 Å². The van der Waals surface area contributed by atoms with Crippen LogP contribution < -0.4 is 4.90 Å². The zero-order chi connectivity index (χ0) is 11.6. The minimum absolute atomic E-state index is 0.733. The van der Waals surface area contributed by atoms with Crippen LogP contribution in [-0.2, 0) is 0 Å². The Bertz CT molecular complexity index is 408. The highest BCUT2D eigenvalue weighted by molar-refractivity contribution is 15.0. The van der Waals surface area contributed by atoms with Crippen molar-refractivity contribution in [2.75, 3.05) is 11.9 Å². The second-order valence-corrected chi connectivity index (χ2v) is 3.19. The molecule has 1 aliphatic heterocycles. The molecule has 1 aromatic heterocycles. The van der Waals surface area contributed by atoms with E-state index in [2.05, 4.69) is 58.8 Å². The SMILES string of the molecule is C=C1N=C(C)c2[nH]c(C)nc2N1C.II. The number of hydrogen-bond donors (Lipinski definition) is 1. The first-order valence-corrected chi connectivity index (χ1v) is 10.6. The van der Waals surface area contributed by atoms with E-state index in [1.165, 1.54) is 0 Å². The third-order valence-corrected chi connectivity index (χ3v) is 2.17. The van der Waals surface area contributed by atoms with E-state index >= 15 is 0 Å². The number of aryl methyl sites for hydroxylation is 1. The largest absolute Gasteiger partial charge is 0.339 e. The predicted octanol–water partition coefficient (Wildman–Crippen LogP) is 3.22. The fourth-order valence-electron chi connectivity index (χ4n) is 1.42. The topological polar surface area (TPSA) is 44.3 Å². The first-order chi connectivity index (χ1) is 7.09. The van der Waals surface area contributed by atoms with E-state index in [4.69, 9.17) is 0 Å². The molecule has 0 bridgehead atoms. The summed E-state index contributed by atoms with van der Waals surface area (Å²) in [6, 6.07) is 0. The van der Waals surface area contributed by atoms with Crippen LogP contribution in [0.2, 0.25) is 0 Å². The van der Waals surface area contributed by atoms with E-state index in [1.807, 2.05) is 25.8 Å². The van der Waals surface area contributed by atoms with Crippen LogP contribution in [0.5, 0.6) is 0 Å². The molecule has 0 saturated heterocycles. The van der Waals surface area contributed by atoms with Gasteiger partial charge in [-0.1, -0.05) is 6.58 Å². The second kappa shape index (κ2) is 5.28. The zero-order valence-electron chi connectivity index (χ0n) is 8.80. The number of aliphatic imine (C=N–C) groups is 1. The van der Waals surface area contributed by atoms with Crippen molar-refractivity contribution in [1.82, 2.24) is 9.97 Å². The number of imidazole rings is 1. The Labute approximate surface area is 113 Å². The summed E-state index contributed by atoms with van der Waals surface area (Å²) in [4.78, 5) is 13.7. The van der Waals surface area contributed by atoms with Crippen molar-refractivity contribution in [2.45, 2.75) is 13.8 Å².